The summed E-state index contributed by atoms with van der Waals surface area (Å²) < 4.78 is 11.4. The average molecular weight is 486 g/mol. The second-order valence-electron chi connectivity index (χ2n) is 10.7. The lowest BCUT2D eigenvalue weighted by atomic mass is 9.73. The maximum Gasteiger partial charge on any atom is 0.309 e. The molecule has 1 aromatic carbocycles. The lowest BCUT2D eigenvalue weighted by Crippen LogP contribution is -2.45. The van der Waals surface area contributed by atoms with Crippen molar-refractivity contribution < 1.29 is 29.0 Å². The molecule has 192 valence electrons. The van der Waals surface area contributed by atoms with Gasteiger partial charge in [0, 0.05) is 19.3 Å². The van der Waals surface area contributed by atoms with Gasteiger partial charge in [-0.2, -0.15) is 0 Å². The predicted octanol–water partition coefficient (Wildman–Crippen LogP) is 5.22. The summed E-state index contributed by atoms with van der Waals surface area (Å²) >= 11 is 0. The first-order chi connectivity index (χ1) is 16.4. The molecule has 5 atom stereocenters. The molecule has 1 aromatic heterocycles. The van der Waals surface area contributed by atoms with Gasteiger partial charge in [0.05, 0.1) is 24.0 Å². The molecule has 2 N–H and O–H groups in total. The number of carbonyl (C=O) groups is 2. The zero-order valence-electron chi connectivity index (χ0n) is 21.7. The number of nitrogens with zero attached hydrogens (tertiary/aromatic N) is 1. The Labute approximate surface area is 207 Å². The van der Waals surface area contributed by atoms with Crippen LogP contribution >= 0.6 is 0 Å². The second kappa shape index (κ2) is 11.0. The molecule has 35 heavy (non-hydrogen) atoms. The predicted molar refractivity (Wildman–Crippen MR) is 134 cm³/mol. The van der Waals surface area contributed by atoms with Crippen molar-refractivity contribution in [2.24, 2.45) is 17.3 Å². The molecule has 1 aliphatic heterocycles. The summed E-state index contributed by atoms with van der Waals surface area (Å²) in [5, 5.41) is 21.6. The molecule has 0 spiro atoms. The van der Waals surface area contributed by atoms with Gasteiger partial charge >= 0.3 is 5.97 Å². The van der Waals surface area contributed by atoms with Crippen LogP contribution < -0.4 is 0 Å². The Kier molecular flexibility index (Phi) is 8.54. The zero-order valence-corrected chi connectivity index (χ0v) is 21.7. The van der Waals surface area contributed by atoms with Crippen molar-refractivity contribution in [3.8, 4) is 0 Å². The first-order valence-electron chi connectivity index (χ1n) is 12.5. The fourth-order valence-corrected chi connectivity index (χ4v) is 4.81. The fraction of sp³-hybridized carbons (Fsp3) is 0.607. The second-order valence-corrected chi connectivity index (χ2v) is 10.7. The van der Waals surface area contributed by atoms with Gasteiger partial charge in [0.1, 0.15) is 17.4 Å². The molecule has 2 heterocycles. The van der Waals surface area contributed by atoms with E-state index in [1.54, 1.807) is 27.7 Å². The number of ketones is 1. The highest BCUT2D eigenvalue weighted by Gasteiger charge is 2.42. The van der Waals surface area contributed by atoms with E-state index in [1.165, 1.54) is 5.57 Å². The van der Waals surface area contributed by atoms with Gasteiger partial charge in [-0.05, 0) is 49.8 Å². The van der Waals surface area contributed by atoms with E-state index in [9.17, 15) is 19.8 Å². The summed E-state index contributed by atoms with van der Waals surface area (Å²) in [6.45, 7) is 10.7. The van der Waals surface area contributed by atoms with Gasteiger partial charge in [0.25, 0.3) is 0 Å². The van der Waals surface area contributed by atoms with Crippen molar-refractivity contribution >= 4 is 22.9 Å². The van der Waals surface area contributed by atoms with Crippen LogP contribution in [0.1, 0.15) is 84.3 Å². The average Bonchev–Trinajstić information content (AvgIpc) is 3.18. The Bertz CT molecular complexity index is 1080. The highest BCUT2D eigenvalue weighted by Crippen LogP contribution is 2.33. The van der Waals surface area contributed by atoms with Gasteiger partial charge < -0.3 is 19.4 Å². The van der Waals surface area contributed by atoms with E-state index in [-0.39, 0.29) is 18.1 Å². The molecule has 0 fully saturated rings. The third-order valence-corrected chi connectivity index (χ3v) is 7.41. The summed E-state index contributed by atoms with van der Waals surface area (Å²) in [4.78, 5) is 30.5. The van der Waals surface area contributed by atoms with Crippen LogP contribution in [0.15, 0.2) is 34.3 Å². The van der Waals surface area contributed by atoms with Crippen LogP contribution in [0.25, 0.3) is 11.1 Å². The van der Waals surface area contributed by atoms with Gasteiger partial charge in [-0.25, -0.2) is 4.98 Å². The molecular formula is C28H39NO6. The molecule has 0 bridgehead atoms. The Morgan fingerprint density at radius 1 is 1.11 bits per heavy atom. The third-order valence-electron chi connectivity index (χ3n) is 7.41. The van der Waals surface area contributed by atoms with E-state index in [2.05, 4.69) is 11.1 Å². The number of oxazole rings is 1. The van der Waals surface area contributed by atoms with Crippen LogP contribution in [0.4, 0.5) is 0 Å². The zero-order chi connectivity index (χ0) is 25.9. The molecule has 1 aliphatic rings. The number of aromatic nitrogens is 1. The van der Waals surface area contributed by atoms with E-state index in [4.69, 9.17) is 9.15 Å². The van der Waals surface area contributed by atoms with Crippen molar-refractivity contribution in [3.63, 3.8) is 0 Å². The molecule has 3 rings (SSSR count). The standard InChI is InChI=1S/C28H39NO6/c1-16-8-7-9-17(2)26(32)18(3)27(33)28(5,6)24(30)15-25(31)35-22(12-10-16)20-11-13-23-21(14-20)29-19(4)34-23/h10-11,13-14,17-18,22,24,26,30,32H,7-9,12,15H2,1-6H3/b16-10-/t17-,18+,22-,24+,26-/m0/s1. The number of hydrogen-bond donors (Lipinski definition) is 2. The molecule has 0 saturated heterocycles. The largest absolute Gasteiger partial charge is 0.457 e. The maximum atomic E-state index is 13.2. The molecule has 2 aromatic rings. The highest BCUT2D eigenvalue weighted by molar-refractivity contribution is 5.88. The Morgan fingerprint density at radius 3 is 2.54 bits per heavy atom. The smallest absolute Gasteiger partial charge is 0.309 e. The van der Waals surface area contributed by atoms with Crippen LogP contribution in [0.2, 0.25) is 0 Å². The van der Waals surface area contributed by atoms with Crippen LogP contribution in [0.3, 0.4) is 0 Å². The van der Waals surface area contributed by atoms with E-state index in [1.807, 2.05) is 32.0 Å². The normalized spacial score (nSPS) is 31.1. The van der Waals surface area contributed by atoms with Crippen molar-refractivity contribution in [1.29, 1.82) is 0 Å². The quantitative estimate of drug-likeness (QED) is 0.421. The number of rotatable bonds is 1. The van der Waals surface area contributed by atoms with Crippen molar-refractivity contribution in [2.45, 2.75) is 92.0 Å². The number of Topliss-reactive ketones (excluding diaryl/α,β-unsaturated/α-hetero) is 1. The fourth-order valence-electron chi connectivity index (χ4n) is 4.81. The number of aliphatic hydroxyl groups excluding tert-OH is 2. The first-order valence-corrected chi connectivity index (χ1v) is 12.5. The number of ether oxygens (including phenoxy) is 1. The Hall–Kier alpha value is -2.51. The molecule has 0 unspecified atom stereocenters. The number of aryl methyl sites for hydroxylation is 1. The monoisotopic (exact) mass is 485 g/mol. The number of cyclic esters (lactones) is 1. The molecular weight excluding hydrogens is 446 g/mol. The minimum Gasteiger partial charge on any atom is -0.457 e. The molecule has 7 nitrogen and oxygen atoms in total. The van der Waals surface area contributed by atoms with Crippen LogP contribution in [0.5, 0.6) is 0 Å². The number of carbonyl (C=O) groups excluding carboxylic acids is 2. The van der Waals surface area contributed by atoms with Crippen LogP contribution in [-0.2, 0) is 14.3 Å². The molecule has 0 saturated carbocycles. The summed E-state index contributed by atoms with van der Waals surface area (Å²) in [5.74, 6) is -0.992. The van der Waals surface area contributed by atoms with Gasteiger partial charge in [0.15, 0.2) is 11.5 Å². The Morgan fingerprint density at radius 2 is 1.83 bits per heavy atom. The first kappa shape index (κ1) is 27.1. The molecule has 7 heteroatoms. The number of hydrogen-bond acceptors (Lipinski definition) is 7. The number of benzene rings is 1. The van der Waals surface area contributed by atoms with Crippen molar-refractivity contribution in [1.82, 2.24) is 4.98 Å². The topological polar surface area (TPSA) is 110 Å². The SMILES string of the molecule is C/C1=C/C[C@@H](c2ccc3oc(C)nc3c2)OC(=O)C[C@@H](O)C(C)(C)C(=O)[C@H](C)[C@@H](O)[C@@H](C)CCC1. The van der Waals surface area contributed by atoms with E-state index in [0.717, 1.165) is 24.8 Å². The third kappa shape index (κ3) is 6.39. The van der Waals surface area contributed by atoms with E-state index >= 15 is 0 Å². The maximum absolute atomic E-state index is 13.2. The summed E-state index contributed by atoms with van der Waals surface area (Å²) in [7, 11) is 0. The number of fused-ring (bicyclic) bond motifs is 1. The van der Waals surface area contributed by atoms with Gasteiger partial charge in [-0.1, -0.05) is 45.4 Å². The summed E-state index contributed by atoms with van der Waals surface area (Å²) in [6.07, 6.45) is 2.15. The number of aliphatic hydroxyl groups is 2. The van der Waals surface area contributed by atoms with Gasteiger partial charge in [0.2, 0.25) is 0 Å². The highest BCUT2D eigenvalue weighted by atomic mass is 16.5. The van der Waals surface area contributed by atoms with Gasteiger partial charge in [-0.15, -0.1) is 0 Å². The van der Waals surface area contributed by atoms with Crippen molar-refractivity contribution in [2.75, 3.05) is 0 Å². The van der Waals surface area contributed by atoms with E-state index in [0.29, 0.717) is 23.4 Å². The Balaban J connectivity index is 1.91. The minimum atomic E-state index is -1.24. The lowest BCUT2D eigenvalue weighted by Gasteiger charge is -2.34. The van der Waals surface area contributed by atoms with E-state index < -0.39 is 35.6 Å². The molecule has 0 amide bonds. The number of esters is 1. The number of allylic oxidation sites excluding steroid dienone is 1. The summed E-state index contributed by atoms with van der Waals surface area (Å²) in [6, 6.07) is 5.54. The van der Waals surface area contributed by atoms with Gasteiger partial charge in [-0.3, -0.25) is 9.59 Å². The summed E-state index contributed by atoms with van der Waals surface area (Å²) in [5.41, 5.74) is 2.11. The lowest BCUT2D eigenvalue weighted by molar-refractivity contribution is -0.155. The van der Waals surface area contributed by atoms with Crippen LogP contribution in [-0.4, -0.2) is 39.2 Å². The van der Waals surface area contributed by atoms with Crippen molar-refractivity contribution in [3.05, 3.63) is 41.3 Å². The molecule has 0 radical (unpaired) electrons. The molecule has 0 aliphatic carbocycles. The minimum absolute atomic E-state index is 0.0574. The van der Waals surface area contributed by atoms with Crippen LogP contribution in [0, 0.1) is 24.2 Å².